The zero-order valence-electron chi connectivity index (χ0n) is 14.1. The largest absolute Gasteiger partial charge is 0.271 e. The molecule has 1 aromatic heterocycles. The van der Waals surface area contributed by atoms with E-state index in [1.165, 1.54) is 19.3 Å². The van der Waals surface area contributed by atoms with Gasteiger partial charge in [0, 0.05) is 16.9 Å². The minimum atomic E-state index is 0.625. The van der Waals surface area contributed by atoms with Crippen molar-refractivity contribution in [3.05, 3.63) is 54.9 Å². The number of aromatic nitrogens is 1. The van der Waals surface area contributed by atoms with Crippen LogP contribution in [0.5, 0.6) is 0 Å². The van der Waals surface area contributed by atoms with Crippen molar-refractivity contribution in [1.82, 2.24) is 0 Å². The first-order valence-corrected chi connectivity index (χ1v) is 8.43. The second-order valence-electron chi connectivity index (χ2n) is 5.66. The van der Waals surface area contributed by atoms with E-state index in [-0.39, 0.29) is 0 Å². The van der Waals surface area contributed by atoms with E-state index in [1.807, 2.05) is 54.9 Å². The second kappa shape index (κ2) is 9.72. The van der Waals surface area contributed by atoms with Crippen LogP contribution in [-0.4, -0.2) is 6.61 Å². The highest BCUT2D eigenvalue weighted by Gasteiger charge is 2.10. The number of hydrogen-bond acceptors (Lipinski definition) is 3. The van der Waals surface area contributed by atoms with Crippen molar-refractivity contribution < 1.29 is 9.57 Å². The molecular formula is C19H26N3O+. The molecule has 0 amide bonds. The van der Waals surface area contributed by atoms with Crippen LogP contribution in [0.25, 0.3) is 0 Å². The summed E-state index contributed by atoms with van der Waals surface area (Å²) in [7, 11) is 0. The Balaban J connectivity index is 1.85. The Morgan fingerprint density at radius 1 is 0.957 bits per heavy atom. The molecule has 2 rings (SSSR count). The molecule has 4 nitrogen and oxygen atoms in total. The highest BCUT2D eigenvalue weighted by molar-refractivity contribution is 5.37. The van der Waals surface area contributed by atoms with Gasteiger partial charge < -0.3 is 0 Å². The Morgan fingerprint density at radius 3 is 2.22 bits per heavy atom. The molecule has 122 valence electrons. The van der Waals surface area contributed by atoms with E-state index in [1.54, 1.807) is 4.73 Å². The fourth-order valence-corrected chi connectivity index (χ4v) is 2.26. The minimum Gasteiger partial charge on any atom is -0.271 e. The van der Waals surface area contributed by atoms with E-state index >= 15 is 0 Å². The third-order valence-corrected chi connectivity index (χ3v) is 3.82. The fraction of sp³-hybridized carbons (Fsp3) is 0.421. The lowest BCUT2D eigenvalue weighted by Gasteiger charge is -2.11. The summed E-state index contributed by atoms with van der Waals surface area (Å²) in [6, 6.07) is 13.5. The van der Waals surface area contributed by atoms with Crippen molar-refractivity contribution in [1.29, 1.82) is 0 Å². The maximum atomic E-state index is 5.82. The molecule has 2 aromatic rings. The molecule has 0 bridgehead atoms. The average Bonchev–Trinajstić information content (AvgIpc) is 2.62. The van der Waals surface area contributed by atoms with Gasteiger partial charge in [0.15, 0.2) is 6.61 Å². The first-order chi connectivity index (χ1) is 11.3. The van der Waals surface area contributed by atoms with Crippen LogP contribution >= 0.6 is 0 Å². The van der Waals surface area contributed by atoms with Gasteiger partial charge in [-0.05, 0) is 30.9 Å². The average molecular weight is 312 g/mol. The zero-order chi connectivity index (χ0) is 16.3. The molecule has 4 heteroatoms. The molecule has 23 heavy (non-hydrogen) atoms. The maximum absolute atomic E-state index is 5.82. The van der Waals surface area contributed by atoms with Crippen molar-refractivity contribution in [2.24, 2.45) is 16.1 Å². The van der Waals surface area contributed by atoms with E-state index in [9.17, 15) is 0 Å². The second-order valence-corrected chi connectivity index (χ2v) is 5.66. The third-order valence-electron chi connectivity index (χ3n) is 3.82. The molecule has 0 aliphatic heterocycles. The quantitative estimate of drug-likeness (QED) is 0.472. The molecule has 0 N–H and O–H groups in total. The number of rotatable bonds is 9. The number of pyridine rings is 1. The SMILES string of the molecule is CCCCC(CC)CO[n+]1ccc(/N=N\c2ccccc2)cc1. The molecule has 0 aliphatic carbocycles. The van der Waals surface area contributed by atoms with Crippen LogP contribution in [0.1, 0.15) is 39.5 Å². The summed E-state index contributed by atoms with van der Waals surface area (Å²) in [4.78, 5) is 5.82. The van der Waals surface area contributed by atoms with Crippen LogP contribution < -0.4 is 9.57 Å². The Labute approximate surface area is 138 Å². The number of azo groups is 1. The minimum absolute atomic E-state index is 0.625. The molecule has 0 saturated carbocycles. The lowest BCUT2D eigenvalue weighted by Crippen LogP contribution is -2.43. The Kier molecular flexibility index (Phi) is 7.24. The van der Waals surface area contributed by atoms with Crippen LogP contribution in [0, 0.1) is 5.92 Å². The smallest absolute Gasteiger partial charge is 0.224 e. The standard InChI is InChI=1S/C19H26N3O/c1-3-5-9-17(4-2)16-23-22-14-12-19(13-15-22)21-20-18-10-7-6-8-11-18/h6-8,10-15,17H,3-5,9,16H2,1-2H3/q+1. The highest BCUT2D eigenvalue weighted by Crippen LogP contribution is 2.16. The monoisotopic (exact) mass is 312 g/mol. The van der Waals surface area contributed by atoms with E-state index in [2.05, 4.69) is 24.1 Å². The molecule has 1 unspecified atom stereocenters. The Morgan fingerprint density at radius 2 is 1.61 bits per heavy atom. The zero-order valence-corrected chi connectivity index (χ0v) is 14.1. The summed E-state index contributed by atoms with van der Waals surface area (Å²) < 4.78 is 1.75. The van der Waals surface area contributed by atoms with Gasteiger partial charge in [0.25, 0.3) is 0 Å². The van der Waals surface area contributed by atoms with Crippen molar-refractivity contribution in [2.45, 2.75) is 39.5 Å². The van der Waals surface area contributed by atoms with Gasteiger partial charge in [-0.1, -0.05) is 44.9 Å². The third kappa shape index (κ3) is 6.19. The van der Waals surface area contributed by atoms with Gasteiger partial charge in [-0.3, -0.25) is 4.84 Å². The Hall–Kier alpha value is -2.23. The fourth-order valence-electron chi connectivity index (χ4n) is 2.26. The highest BCUT2D eigenvalue weighted by atomic mass is 16.7. The first-order valence-electron chi connectivity index (χ1n) is 8.43. The summed E-state index contributed by atoms with van der Waals surface area (Å²) in [6.45, 7) is 5.21. The number of benzene rings is 1. The summed E-state index contributed by atoms with van der Waals surface area (Å²) in [5, 5.41) is 8.43. The number of unbranched alkanes of at least 4 members (excludes halogenated alkanes) is 1. The molecule has 1 heterocycles. The van der Waals surface area contributed by atoms with Crippen molar-refractivity contribution >= 4 is 11.4 Å². The predicted octanol–water partition coefficient (Wildman–Crippen LogP) is 5.03. The van der Waals surface area contributed by atoms with Crippen LogP contribution in [0.15, 0.2) is 65.1 Å². The maximum Gasteiger partial charge on any atom is 0.224 e. The summed E-state index contributed by atoms with van der Waals surface area (Å²) in [5.41, 5.74) is 1.66. The molecule has 0 fully saturated rings. The molecule has 0 saturated heterocycles. The molecule has 0 spiro atoms. The normalized spacial score (nSPS) is 12.4. The Bertz CT molecular complexity index is 581. The molecule has 1 atom stereocenters. The van der Waals surface area contributed by atoms with Gasteiger partial charge in [0.2, 0.25) is 12.4 Å². The van der Waals surface area contributed by atoms with Crippen molar-refractivity contribution in [2.75, 3.05) is 6.61 Å². The van der Waals surface area contributed by atoms with Gasteiger partial charge in [0.1, 0.15) is 0 Å². The molecule has 0 aliphatic rings. The summed E-state index contributed by atoms with van der Waals surface area (Å²) in [5.74, 6) is 0.625. The number of nitrogens with zero attached hydrogens (tertiary/aromatic N) is 3. The van der Waals surface area contributed by atoms with E-state index in [0.29, 0.717) is 5.92 Å². The lowest BCUT2D eigenvalue weighted by molar-refractivity contribution is -0.892. The van der Waals surface area contributed by atoms with E-state index in [4.69, 9.17) is 4.84 Å². The van der Waals surface area contributed by atoms with Gasteiger partial charge in [-0.15, -0.1) is 0 Å². The van der Waals surface area contributed by atoms with E-state index in [0.717, 1.165) is 24.4 Å². The van der Waals surface area contributed by atoms with Crippen LogP contribution in [-0.2, 0) is 0 Å². The van der Waals surface area contributed by atoms with Gasteiger partial charge in [-0.2, -0.15) is 10.2 Å². The van der Waals surface area contributed by atoms with Gasteiger partial charge >= 0.3 is 0 Å². The summed E-state index contributed by atoms with van der Waals surface area (Å²) >= 11 is 0. The molecule has 1 aromatic carbocycles. The predicted molar refractivity (Wildman–Crippen MR) is 92.0 cm³/mol. The molecule has 0 radical (unpaired) electrons. The van der Waals surface area contributed by atoms with Crippen LogP contribution in [0.3, 0.4) is 0 Å². The van der Waals surface area contributed by atoms with Gasteiger partial charge in [-0.25, -0.2) is 0 Å². The van der Waals surface area contributed by atoms with Crippen LogP contribution in [0.4, 0.5) is 11.4 Å². The van der Waals surface area contributed by atoms with Crippen LogP contribution in [0.2, 0.25) is 0 Å². The molecular weight excluding hydrogens is 286 g/mol. The van der Waals surface area contributed by atoms with Gasteiger partial charge in [0.05, 0.1) is 11.4 Å². The van der Waals surface area contributed by atoms with Crippen molar-refractivity contribution in [3.8, 4) is 0 Å². The van der Waals surface area contributed by atoms with E-state index < -0.39 is 0 Å². The lowest BCUT2D eigenvalue weighted by atomic mass is 10.0. The number of hydrogen-bond donors (Lipinski definition) is 0. The first kappa shape index (κ1) is 17.1. The summed E-state index contributed by atoms with van der Waals surface area (Å²) in [6.07, 6.45) is 8.66. The topological polar surface area (TPSA) is 37.8 Å². The van der Waals surface area contributed by atoms with Crippen molar-refractivity contribution in [3.63, 3.8) is 0 Å².